The Balaban J connectivity index is 2.10. The molecule has 0 saturated carbocycles. The lowest BCUT2D eigenvalue weighted by Crippen LogP contribution is -2.74. The molecule has 2 atom stereocenters. The van der Waals surface area contributed by atoms with Gasteiger partial charge in [0.2, 0.25) is 10.0 Å². The number of β-lactam (4-membered cyclic amide) rings is 1. The van der Waals surface area contributed by atoms with Crippen LogP contribution in [0.2, 0.25) is 0 Å². The third kappa shape index (κ3) is 2.62. The topological polar surface area (TPSA) is 155 Å². The predicted octanol–water partition coefficient (Wildman–Crippen LogP) is -0.513. The van der Waals surface area contributed by atoms with Crippen molar-refractivity contribution in [1.29, 1.82) is 0 Å². The molecule has 1 aromatic rings. The maximum atomic E-state index is 12.7. The van der Waals surface area contributed by atoms with Crippen molar-refractivity contribution in [3.05, 3.63) is 46.7 Å². The number of fused-ring (bicyclic) bond motifs is 1. The number of hydrogen-bond donors (Lipinski definition) is 2. The highest BCUT2D eigenvalue weighted by atomic mass is 32.2. The van der Waals surface area contributed by atoms with E-state index in [-0.39, 0.29) is 16.7 Å². The van der Waals surface area contributed by atoms with Crippen molar-refractivity contribution in [3.63, 3.8) is 0 Å². The van der Waals surface area contributed by atoms with Gasteiger partial charge in [-0.2, -0.15) is 0 Å². The monoisotopic (exact) mass is 393 g/mol. The van der Waals surface area contributed by atoms with Gasteiger partial charge in [0.15, 0.2) is 11.4 Å². The Morgan fingerprint density at radius 3 is 1.93 bits per heavy atom. The van der Waals surface area contributed by atoms with Crippen LogP contribution in [-0.2, 0) is 19.6 Å². The molecule has 1 fully saturated rings. The van der Waals surface area contributed by atoms with Crippen LogP contribution < -0.4 is 5.14 Å². The molecule has 3 N–H and O–H groups in total. The highest BCUT2D eigenvalue weighted by molar-refractivity contribution is 7.90. The number of carboxylic acids is 1. The summed E-state index contributed by atoms with van der Waals surface area (Å²) in [5.74, 6) is -4.22. The number of likely N-dealkylation sites (tertiary alicyclic amines) is 1. The summed E-state index contributed by atoms with van der Waals surface area (Å²) in [5.41, 5.74) is -0.345. The highest BCUT2D eigenvalue weighted by Crippen LogP contribution is 2.37. The summed E-state index contributed by atoms with van der Waals surface area (Å²) in [4.78, 5) is 50.3. The van der Waals surface area contributed by atoms with Crippen molar-refractivity contribution in [2.24, 2.45) is 5.14 Å². The first-order valence-electron chi connectivity index (χ1n) is 7.71. The van der Waals surface area contributed by atoms with E-state index >= 15 is 0 Å². The Bertz CT molecular complexity index is 1000. The van der Waals surface area contributed by atoms with Crippen LogP contribution in [0.25, 0.3) is 0 Å². The van der Waals surface area contributed by atoms with Crippen molar-refractivity contribution >= 4 is 33.7 Å². The number of aliphatic carboxylic acids is 1. The van der Waals surface area contributed by atoms with Crippen LogP contribution in [0.15, 0.2) is 35.5 Å². The Morgan fingerprint density at radius 2 is 1.56 bits per heavy atom. The van der Waals surface area contributed by atoms with Crippen LogP contribution in [-0.4, -0.2) is 58.4 Å². The van der Waals surface area contributed by atoms with E-state index in [0.29, 0.717) is 9.80 Å². The summed E-state index contributed by atoms with van der Waals surface area (Å²) in [6, 6.07) is 4.06. The number of carboxylic acid groups (broad SMARTS) is 1. The molecule has 142 valence electrons. The van der Waals surface area contributed by atoms with E-state index in [4.69, 9.17) is 5.14 Å². The summed E-state index contributed by atoms with van der Waals surface area (Å²) >= 11 is 0. The average Bonchev–Trinajstić information content (AvgIpc) is 2.80. The zero-order chi connectivity index (χ0) is 20.3. The lowest BCUT2D eigenvalue weighted by atomic mass is 10.0. The van der Waals surface area contributed by atoms with Crippen molar-refractivity contribution in [2.75, 3.05) is 0 Å². The normalized spacial score (nSPS) is 21.8. The van der Waals surface area contributed by atoms with Gasteiger partial charge in [-0.15, -0.1) is 0 Å². The van der Waals surface area contributed by atoms with Crippen molar-refractivity contribution in [2.45, 2.75) is 25.3 Å². The predicted molar refractivity (Wildman–Crippen MR) is 90.5 cm³/mol. The Kier molecular flexibility index (Phi) is 4.16. The SMILES string of the molecule is CC(C)=C(C(=O)O)N1C(=O)[C@@H](N2C(=O)c3ccccc3C2=O)[C@H]1S(N)(=O)=O. The molecule has 3 amide bonds. The molecule has 10 nitrogen and oxygen atoms in total. The van der Waals surface area contributed by atoms with E-state index in [1.807, 2.05) is 0 Å². The summed E-state index contributed by atoms with van der Waals surface area (Å²) in [7, 11) is -4.52. The first-order chi connectivity index (χ1) is 12.5. The van der Waals surface area contributed by atoms with Crippen LogP contribution in [0.1, 0.15) is 34.6 Å². The minimum Gasteiger partial charge on any atom is -0.477 e. The molecular formula is C16H15N3O7S. The number of allylic oxidation sites excluding steroid dienone is 1. The summed E-state index contributed by atoms with van der Waals surface area (Å²) in [5, 5.41) is 12.7. The molecule has 0 spiro atoms. The van der Waals surface area contributed by atoms with E-state index in [1.165, 1.54) is 38.1 Å². The van der Waals surface area contributed by atoms with E-state index in [1.54, 1.807) is 0 Å². The van der Waals surface area contributed by atoms with Crippen molar-refractivity contribution in [1.82, 2.24) is 9.80 Å². The third-order valence-corrected chi connectivity index (χ3v) is 5.51. The second-order valence-electron chi connectivity index (χ2n) is 6.31. The number of primary sulfonamides is 1. The molecule has 11 heteroatoms. The van der Waals surface area contributed by atoms with Gasteiger partial charge in [0.1, 0.15) is 5.70 Å². The number of carbonyl (C=O) groups excluding carboxylic acids is 3. The molecule has 0 aliphatic carbocycles. The quantitative estimate of drug-likeness (QED) is 0.396. The molecule has 0 aromatic heterocycles. The van der Waals surface area contributed by atoms with Crippen molar-refractivity contribution in [3.8, 4) is 0 Å². The number of carbonyl (C=O) groups is 4. The number of sulfonamides is 1. The smallest absolute Gasteiger partial charge is 0.352 e. The molecule has 0 radical (unpaired) electrons. The minimum absolute atomic E-state index is 0.0302. The first kappa shape index (κ1) is 18.7. The number of nitrogens with zero attached hydrogens (tertiary/aromatic N) is 2. The van der Waals surface area contributed by atoms with E-state index in [9.17, 15) is 32.7 Å². The highest BCUT2D eigenvalue weighted by Gasteiger charge is 2.62. The number of imide groups is 1. The fourth-order valence-electron chi connectivity index (χ4n) is 3.27. The average molecular weight is 393 g/mol. The van der Waals surface area contributed by atoms with Crippen LogP contribution in [0.4, 0.5) is 0 Å². The molecule has 2 heterocycles. The molecule has 1 saturated heterocycles. The van der Waals surface area contributed by atoms with Gasteiger partial charge in [-0.25, -0.2) is 18.4 Å². The minimum atomic E-state index is -4.52. The second-order valence-corrected chi connectivity index (χ2v) is 7.97. The van der Waals surface area contributed by atoms with Gasteiger partial charge in [-0.1, -0.05) is 12.1 Å². The van der Waals surface area contributed by atoms with Crippen LogP contribution in [0.5, 0.6) is 0 Å². The molecule has 2 aliphatic rings. The molecule has 0 bridgehead atoms. The first-order valence-corrected chi connectivity index (χ1v) is 9.31. The van der Waals surface area contributed by atoms with Crippen LogP contribution in [0.3, 0.4) is 0 Å². The lowest BCUT2D eigenvalue weighted by Gasteiger charge is -2.47. The Hall–Kier alpha value is -3.05. The summed E-state index contributed by atoms with van der Waals surface area (Å²) < 4.78 is 24.2. The Labute approximate surface area is 153 Å². The molecule has 2 aliphatic heterocycles. The number of amides is 3. The van der Waals surface area contributed by atoms with E-state index in [2.05, 4.69) is 0 Å². The van der Waals surface area contributed by atoms with Gasteiger partial charge in [-0.3, -0.25) is 24.2 Å². The second kappa shape index (κ2) is 5.99. The summed E-state index contributed by atoms with van der Waals surface area (Å²) in [6.07, 6.45) is 0. The van der Waals surface area contributed by atoms with Gasteiger partial charge in [0.25, 0.3) is 17.7 Å². The van der Waals surface area contributed by atoms with E-state index < -0.39 is 50.8 Å². The molecule has 1 aromatic carbocycles. The number of hydrogen-bond acceptors (Lipinski definition) is 6. The number of benzene rings is 1. The van der Waals surface area contributed by atoms with Crippen molar-refractivity contribution < 1.29 is 32.7 Å². The Morgan fingerprint density at radius 1 is 1.07 bits per heavy atom. The zero-order valence-electron chi connectivity index (χ0n) is 14.2. The number of rotatable bonds is 4. The van der Waals surface area contributed by atoms with Gasteiger partial charge in [-0.05, 0) is 31.6 Å². The maximum Gasteiger partial charge on any atom is 0.352 e. The zero-order valence-corrected chi connectivity index (χ0v) is 15.1. The van der Waals surface area contributed by atoms with Gasteiger partial charge >= 0.3 is 5.97 Å². The van der Waals surface area contributed by atoms with Crippen LogP contribution >= 0.6 is 0 Å². The van der Waals surface area contributed by atoms with Gasteiger partial charge in [0.05, 0.1) is 11.1 Å². The standard InChI is InChI=1S/C16H15N3O7S/c1-7(2)10(16(23)24)19-14(22)11(15(19)27(17,25)26)18-12(20)8-5-3-4-6-9(8)13(18)21/h3-6,11,15H,1-2H3,(H,23,24)(H2,17,25,26)/t11-,15-/m1/s1. The molecular weight excluding hydrogens is 378 g/mol. The van der Waals surface area contributed by atoms with Gasteiger partial charge in [0, 0.05) is 0 Å². The maximum absolute atomic E-state index is 12.7. The molecule has 0 unspecified atom stereocenters. The van der Waals surface area contributed by atoms with Gasteiger partial charge < -0.3 is 5.11 Å². The lowest BCUT2D eigenvalue weighted by molar-refractivity contribution is -0.152. The molecule has 27 heavy (non-hydrogen) atoms. The van der Waals surface area contributed by atoms with Crippen LogP contribution in [0, 0.1) is 0 Å². The molecule has 3 rings (SSSR count). The van der Waals surface area contributed by atoms with E-state index in [0.717, 1.165) is 0 Å². The fraction of sp³-hybridized carbons (Fsp3) is 0.250. The third-order valence-electron chi connectivity index (χ3n) is 4.37. The number of nitrogens with two attached hydrogens (primary N) is 1. The summed E-state index contributed by atoms with van der Waals surface area (Å²) in [6.45, 7) is 2.76. The largest absolute Gasteiger partial charge is 0.477 e. The fourth-order valence-corrected chi connectivity index (χ4v) is 4.37.